The number of halogens is 3. The number of esters is 1. The van der Waals surface area contributed by atoms with Gasteiger partial charge in [0.15, 0.2) is 11.6 Å². The minimum absolute atomic E-state index is 0.0131. The molecule has 12 heteroatoms. The van der Waals surface area contributed by atoms with E-state index < -0.39 is 46.9 Å². The summed E-state index contributed by atoms with van der Waals surface area (Å²) in [5, 5.41) is 6.83. The molecular formula is C25H20F3N5O4. The van der Waals surface area contributed by atoms with Crippen LogP contribution >= 0.6 is 0 Å². The first-order valence-electron chi connectivity index (χ1n) is 11.0. The number of tetrazole rings is 1. The number of rotatable bonds is 6. The second-order valence-electron chi connectivity index (χ2n) is 8.13. The minimum Gasteiger partial charge on any atom is -0.457 e. The molecule has 37 heavy (non-hydrogen) atoms. The number of hydrogen-bond acceptors (Lipinski definition) is 6. The zero-order valence-corrected chi connectivity index (χ0v) is 19.6. The summed E-state index contributed by atoms with van der Waals surface area (Å²) in [6.07, 6.45) is 0. The third-order valence-electron chi connectivity index (χ3n) is 5.29. The van der Waals surface area contributed by atoms with Gasteiger partial charge in [-0.15, -0.1) is 4.68 Å². The topological polar surface area (TPSA) is 99.3 Å². The number of amides is 1. The molecule has 0 aliphatic heterocycles. The summed E-state index contributed by atoms with van der Waals surface area (Å²) in [6.45, 7) is 3.08. The molecule has 0 fully saturated rings. The molecule has 0 bridgehead atoms. The summed E-state index contributed by atoms with van der Waals surface area (Å²) in [5.74, 6) is -3.91. The van der Waals surface area contributed by atoms with E-state index in [1.807, 2.05) is 6.07 Å². The molecule has 0 unspecified atom stereocenters. The maximum absolute atomic E-state index is 15.1. The highest BCUT2D eigenvalue weighted by Crippen LogP contribution is 2.24. The molecular weight excluding hydrogens is 491 g/mol. The van der Waals surface area contributed by atoms with E-state index in [1.54, 1.807) is 38.1 Å². The lowest BCUT2D eigenvalue weighted by Gasteiger charge is -2.26. The SMILES string of the molecule is CC(C)N(C(=O)n1nnn(-c2c(F)cccc2F)c1=O)c1ccc(C(=O)OCc2ccccc2)cc1F. The van der Waals surface area contributed by atoms with Gasteiger partial charge in [-0.05, 0) is 60.2 Å². The van der Waals surface area contributed by atoms with Crippen LogP contribution in [0, 0.1) is 17.5 Å². The highest BCUT2D eigenvalue weighted by atomic mass is 19.1. The maximum atomic E-state index is 15.1. The molecule has 0 radical (unpaired) electrons. The molecule has 4 aromatic rings. The molecule has 190 valence electrons. The van der Waals surface area contributed by atoms with Crippen molar-refractivity contribution in [2.45, 2.75) is 26.5 Å². The zero-order chi connectivity index (χ0) is 26.7. The quantitative estimate of drug-likeness (QED) is 0.286. The number of para-hydroxylation sites is 1. The van der Waals surface area contributed by atoms with Crippen molar-refractivity contribution in [3.63, 3.8) is 0 Å². The Morgan fingerprint density at radius 1 is 0.919 bits per heavy atom. The largest absolute Gasteiger partial charge is 0.457 e. The van der Waals surface area contributed by atoms with E-state index in [1.165, 1.54) is 12.1 Å². The fourth-order valence-electron chi connectivity index (χ4n) is 3.54. The van der Waals surface area contributed by atoms with Crippen molar-refractivity contribution in [2.75, 3.05) is 4.90 Å². The monoisotopic (exact) mass is 511 g/mol. The summed E-state index contributed by atoms with van der Waals surface area (Å²) >= 11 is 0. The zero-order valence-electron chi connectivity index (χ0n) is 19.6. The van der Waals surface area contributed by atoms with Crippen LogP contribution in [0.25, 0.3) is 5.69 Å². The number of aromatic nitrogens is 4. The highest BCUT2D eigenvalue weighted by molar-refractivity contribution is 5.95. The number of hydrogen-bond donors (Lipinski definition) is 0. The summed E-state index contributed by atoms with van der Waals surface area (Å²) in [5.41, 5.74) is -1.68. The van der Waals surface area contributed by atoms with Gasteiger partial charge in [0.25, 0.3) is 0 Å². The van der Waals surface area contributed by atoms with E-state index in [9.17, 15) is 23.2 Å². The van der Waals surface area contributed by atoms with Crippen molar-refractivity contribution in [3.8, 4) is 5.69 Å². The lowest BCUT2D eigenvalue weighted by Crippen LogP contribution is -2.45. The van der Waals surface area contributed by atoms with Crippen LogP contribution in [0.5, 0.6) is 0 Å². The van der Waals surface area contributed by atoms with Crippen LogP contribution < -0.4 is 10.6 Å². The molecule has 9 nitrogen and oxygen atoms in total. The van der Waals surface area contributed by atoms with Gasteiger partial charge in [0.05, 0.1) is 11.3 Å². The Labute approximate surface area is 208 Å². The molecule has 3 aromatic carbocycles. The van der Waals surface area contributed by atoms with Gasteiger partial charge in [0.2, 0.25) is 0 Å². The Kier molecular flexibility index (Phi) is 7.18. The summed E-state index contributed by atoms with van der Waals surface area (Å²) in [7, 11) is 0. The third kappa shape index (κ3) is 5.13. The van der Waals surface area contributed by atoms with Crippen molar-refractivity contribution in [1.82, 2.24) is 19.8 Å². The first-order chi connectivity index (χ1) is 17.7. The first kappa shape index (κ1) is 25.4. The number of anilines is 1. The van der Waals surface area contributed by atoms with Gasteiger partial charge in [-0.25, -0.2) is 27.6 Å². The average Bonchev–Trinajstić information content (AvgIpc) is 3.24. The van der Waals surface area contributed by atoms with Crippen molar-refractivity contribution in [3.05, 3.63) is 106 Å². The van der Waals surface area contributed by atoms with Gasteiger partial charge >= 0.3 is 17.7 Å². The Morgan fingerprint density at radius 2 is 1.59 bits per heavy atom. The van der Waals surface area contributed by atoms with Gasteiger partial charge < -0.3 is 4.74 Å². The summed E-state index contributed by atoms with van der Waals surface area (Å²) in [4.78, 5) is 39.2. The van der Waals surface area contributed by atoms with E-state index in [4.69, 9.17) is 4.74 Å². The van der Waals surface area contributed by atoms with Gasteiger partial charge in [-0.3, -0.25) is 4.90 Å². The molecule has 4 rings (SSSR count). The van der Waals surface area contributed by atoms with Crippen LogP contribution in [0.4, 0.5) is 23.7 Å². The van der Waals surface area contributed by atoms with Crippen molar-refractivity contribution < 1.29 is 27.5 Å². The fraction of sp³-hybridized carbons (Fsp3) is 0.160. The average molecular weight is 511 g/mol. The van der Waals surface area contributed by atoms with Crippen molar-refractivity contribution in [1.29, 1.82) is 0 Å². The highest BCUT2D eigenvalue weighted by Gasteiger charge is 2.29. The molecule has 0 atom stereocenters. The fourth-order valence-corrected chi connectivity index (χ4v) is 3.54. The van der Waals surface area contributed by atoms with Gasteiger partial charge in [0.1, 0.15) is 18.1 Å². The number of benzene rings is 3. The van der Waals surface area contributed by atoms with Crippen LogP contribution in [-0.4, -0.2) is 37.8 Å². The van der Waals surface area contributed by atoms with Crippen LogP contribution in [-0.2, 0) is 11.3 Å². The molecule has 0 spiro atoms. The van der Waals surface area contributed by atoms with E-state index in [-0.39, 0.29) is 22.5 Å². The second kappa shape index (κ2) is 10.5. The smallest absolute Gasteiger partial charge is 0.377 e. The second-order valence-corrected chi connectivity index (χ2v) is 8.13. The molecule has 0 aliphatic rings. The molecule has 1 amide bonds. The number of carbonyl (C=O) groups is 2. The number of ether oxygens (including phenoxy) is 1. The Morgan fingerprint density at radius 3 is 2.22 bits per heavy atom. The predicted molar refractivity (Wildman–Crippen MR) is 126 cm³/mol. The summed E-state index contributed by atoms with van der Waals surface area (Å²) < 4.78 is 49.1. The molecule has 1 aromatic heterocycles. The third-order valence-corrected chi connectivity index (χ3v) is 5.29. The van der Waals surface area contributed by atoms with E-state index >= 15 is 4.39 Å². The normalized spacial score (nSPS) is 11.0. The van der Waals surface area contributed by atoms with E-state index in [0.717, 1.165) is 34.7 Å². The van der Waals surface area contributed by atoms with Gasteiger partial charge in [-0.2, -0.15) is 4.68 Å². The summed E-state index contributed by atoms with van der Waals surface area (Å²) in [6, 6.07) is 13.4. The Bertz CT molecular complexity index is 1500. The maximum Gasteiger partial charge on any atom is 0.377 e. The van der Waals surface area contributed by atoms with E-state index in [0.29, 0.717) is 4.68 Å². The van der Waals surface area contributed by atoms with E-state index in [2.05, 4.69) is 10.4 Å². The molecule has 0 N–H and O–H groups in total. The standard InChI is InChI=1S/C25H20F3N5O4/c1-15(2)31(24(35)33-25(36)32(29-30-33)22-18(26)9-6-10-19(22)27)21-12-11-17(13-20(21)28)23(34)37-14-16-7-4-3-5-8-16/h3-13,15H,14H2,1-2H3. The van der Waals surface area contributed by atoms with Crippen LogP contribution in [0.15, 0.2) is 71.5 Å². The molecule has 0 saturated heterocycles. The van der Waals surface area contributed by atoms with Gasteiger partial charge in [-0.1, -0.05) is 36.4 Å². The Hall–Kier alpha value is -4.74. The molecule has 1 heterocycles. The van der Waals surface area contributed by atoms with Crippen molar-refractivity contribution in [2.24, 2.45) is 0 Å². The van der Waals surface area contributed by atoms with Crippen LogP contribution in [0.1, 0.15) is 29.8 Å². The van der Waals surface area contributed by atoms with Crippen molar-refractivity contribution >= 4 is 17.7 Å². The minimum atomic E-state index is -1.26. The Balaban J connectivity index is 1.61. The van der Waals surface area contributed by atoms with Crippen LogP contribution in [0.2, 0.25) is 0 Å². The lowest BCUT2D eigenvalue weighted by atomic mass is 10.1. The number of nitrogens with zero attached hydrogens (tertiary/aromatic N) is 5. The van der Waals surface area contributed by atoms with Crippen LogP contribution in [0.3, 0.4) is 0 Å². The lowest BCUT2D eigenvalue weighted by molar-refractivity contribution is 0.0472. The molecule has 0 aliphatic carbocycles. The first-order valence-corrected chi connectivity index (χ1v) is 11.0. The van der Waals surface area contributed by atoms with Gasteiger partial charge in [0, 0.05) is 6.04 Å². The number of carbonyl (C=O) groups excluding carboxylic acids is 2. The predicted octanol–water partition coefficient (Wildman–Crippen LogP) is 4.09. The molecule has 0 saturated carbocycles.